The minimum atomic E-state index is -0.117. The quantitative estimate of drug-likeness (QED) is 0.857. The highest BCUT2D eigenvalue weighted by Crippen LogP contribution is 2.46. The zero-order chi connectivity index (χ0) is 15.1. The van der Waals surface area contributed by atoms with Crippen LogP contribution in [0.25, 0.3) is 0 Å². The van der Waals surface area contributed by atoms with Gasteiger partial charge in [0.25, 0.3) is 0 Å². The molecule has 0 bridgehead atoms. The van der Waals surface area contributed by atoms with Crippen molar-refractivity contribution >= 4 is 0 Å². The van der Waals surface area contributed by atoms with E-state index in [0.717, 1.165) is 18.7 Å². The van der Waals surface area contributed by atoms with E-state index in [9.17, 15) is 0 Å². The number of rotatable bonds is 2. The van der Waals surface area contributed by atoms with Gasteiger partial charge in [-0.3, -0.25) is 0 Å². The molecule has 2 nitrogen and oxygen atoms in total. The lowest BCUT2D eigenvalue weighted by Gasteiger charge is -2.41. The number of aryl methyl sites for hydroxylation is 1. The zero-order valence-electron chi connectivity index (χ0n) is 14.1. The topological polar surface area (TPSA) is 21.3 Å². The number of hydrogen-bond acceptors (Lipinski definition) is 2. The van der Waals surface area contributed by atoms with Crippen LogP contribution in [0.2, 0.25) is 0 Å². The minimum absolute atomic E-state index is 0.0992. The molecule has 1 unspecified atom stereocenters. The summed E-state index contributed by atoms with van der Waals surface area (Å²) in [5.74, 6) is 1.11. The Hall–Kier alpha value is -1.02. The van der Waals surface area contributed by atoms with E-state index in [1.807, 2.05) is 0 Å². The monoisotopic (exact) mass is 275 g/mol. The Bertz CT molecular complexity index is 497. The second-order valence-corrected chi connectivity index (χ2v) is 7.60. The number of nitrogens with one attached hydrogen (secondary N) is 1. The van der Waals surface area contributed by atoms with Crippen molar-refractivity contribution in [3.8, 4) is 5.75 Å². The summed E-state index contributed by atoms with van der Waals surface area (Å²) < 4.78 is 6.39. The first-order valence-corrected chi connectivity index (χ1v) is 7.72. The number of benzene rings is 1. The van der Waals surface area contributed by atoms with Crippen molar-refractivity contribution in [2.45, 2.75) is 71.9 Å². The molecule has 0 fully saturated rings. The first-order valence-electron chi connectivity index (χ1n) is 7.72. The molecule has 0 radical (unpaired) electrons. The van der Waals surface area contributed by atoms with Crippen molar-refractivity contribution < 1.29 is 4.74 Å². The Labute approximate surface area is 123 Å². The Kier molecular flexibility index (Phi) is 3.90. The average molecular weight is 275 g/mol. The van der Waals surface area contributed by atoms with E-state index >= 15 is 0 Å². The molecular formula is C18H29NO. The SMILES string of the molecule is CCNC1CC(C)(C)Oc2c(C(C)(C)C)ccc(C)c21. The minimum Gasteiger partial charge on any atom is -0.487 e. The predicted octanol–water partition coefficient (Wildman–Crippen LogP) is 4.50. The average Bonchev–Trinajstić information content (AvgIpc) is 2.25. The Morgan fingerprint density at radius 1 is 1.30 bits per heavy atom. The van der Waals surface area contributed by atoms with E-state index in [-0.39, 0.29) is 11.0 Å². The molecule has 2 heteroatoms. The molecule has 1 aliphatic heterocycles. The largest absolute Gasteiger partial charge is 0.487 e. The van der Waals surface area contributed by atoms with Crippen LogP contribution in [0.1, 0.15) is 70.7 Å². The van der Waals surface area contributed by atoms with Gasteiger partial charge in [-0.25, -0.2) is 0 Å². The second kappa shape index (κ2) is 5.07. The molecule has 1 aromatic carbocycles. The summed E-state index contributed by atoms with van der Waals surface area (Å²) in [5.41, 5.74) is 3.98. The lowest BCUT2D eigenvalue weighted by Crippen LogP contribution is -2.40. The molecule has 1 N–H and O–H groups in total. The first-order chi connectivity index (χ1) is 9.15. The number of ether oxygens (including phenoxy) is 1. The van der Waals surface area contributed by atoms with Crippen LogP contribution in [0.5, 0.6) is 5.75 Å². The summed E-state index contributed by atoms with van der Waals surface area (Å²) in [7, 11) is 0. The molecule has 0 saturated carbocycles. The van der Waals surface area contributed by atoms with Gasteiger partial charge >= 0.3 is 0 Å². The molecule has 2 rings (SSSR count). The lowest BCUT2D eigenvalue weighted by atomic mass is 9.79. The van der Waals surface area contributed by atoms with Gasteiger partial charge in [-0.1, -0.05) is 39.8 Å². The second-order valence-electron chi connectivity index (χ2n) is 7.60. The highest BCUT2D eigenvalue weighted by atomic mass is 16.5. The van der Waals surface area contributed by atoms with E-state index in [4.69, 9.17) is 4.74 Å². The van der Waals surface area contributed by atoms with Crippen LogP contribution in [0.15, 0.2) is 12.1 Å². The summed E-state index contributed by atoms with van der Waals surface area (Å²) in [4.78, 5) is 0. The summed E-state index contributed by atoms with van der Waals surface area (Å²) in [6.45, 7) is 16.5. The highest BCUT2D eigenvalue weighted by molar-refractivity contribution is 5.52. The van der Waals surface area contributed by atoms with Crippen molar-refractivity contribution in [3.63, 3.8) is 0 Å². The van der Waals surface area contributed by atoms with Gasteiger partial charge < -0.3 is 10.1 Å². The zero-order valence-corrected chi connectivity index (χ0v) is 14.1. The van der Waals surface area contributed by atoms with Crippen LogP contribution in [0.4, 0.5) is 0 Å². The van der Waals surface area contributed by atoms with Gasteiger partial charge in [0, 0.05) is 18.0 Å². The molecule has 1 aromatic rings. The van der Waals surface area contributed by atoms with Crippen LogP contribution in [-0.2, 0) is 5.41 Å². The van der Waals surface area contributed by atoms with E-state index in [0.29, 0.717) is 6.04 Å². The van der Waals surface area contributed by atoms with E-state index < -0.39 is 0 Å². The van der Waals surface area contributed by atoms with Crippen LogP contribution in [0, 0.1) is 6.92 Å². The van der Waals surface area contributed by atoms with Crippen LogP contribution in [-0.4, -0.2) is 12.1 Å². The Balaban J connectivity index is 2.63. The molecule has 1 atom stereocenters. The van der Waals surface area contributed by atoms with E-state index in [1.54, 1.807) is 0 Å². The van der Waals surface area contributed by atoms with E-state index in [1.165, 1.54) is 16.7 Å². The predicted molar refractivity (Wildman–Crippen MR) is 85.6 cm³/mol. The van der Waals surface area contributed by atoms with E-state index in [2.05, 4.69) is 65.9 Å². The fraction of sp³-hybridized carbons (Fsp3) is 0.667. The highest BCUT2D eigenvalue weighted by Gasteiger charge is 2.37. The van der Waals surface area contributed by atoms with Gasteiger partial charge in [0.15, 0.2) is 0 Å². The van der Waals surface area contributed by atoms with Gasteiger partial charge in [-0.15, -0.1) is 0 Å². The smallest absolute Gasteiger partial charge is 0.128 e. The van der Waals surface area contributed by atoms with Crippen molar-refractivity contribution in [1.29, 1.82) is 0 Å². The van der Waals surface area contributed by atoms with Gasteiger partial charge in [0.05, 0.1) is 0 Å². The van der Waals surface area contributed by atoms with Gasteiger partial charge in [-0.2, -0.15) is 0 Å². The Morgan fingerprint density at radius 3 is 2.50 bits per heavy atom. The number of hydrogen-bond donors (Lipinski definition) is 1. The molecule has 1 heterocycles. The van der Waals surface area contributed by atoms with Crippen molar-refractivity contribution in [1.82, 2.24) is 5.32 Å². The third-order valence-electron chi connectivity index (χ3n) is 4.10. The first kappa shape index (κ1) is 15.4. The maximum Gasteiger partial charge on any atom is 0.128 e. The fourth-order valence-electron chi connectivity index (χ4n) is 3.16. The summed E-state index contributed by atoms with van der Waals surface area (Å²) in [5, 5.41) is 3.64. The maximum atomic E-state index is 6.39. The Morgan fingerprint density at radius 2 is 1.95 bits per heavy atom. The normalized spacial score (nSPS) is 21.2. The van der Waals surface area contributed by atoms with Gasteiger partial charge in [0.2, 0.25) is 0 Å². The van der Waals surface area contributed by atoms with Crippen molar-refractivity contribution in [2.24, 2.45) is 0 Å². The maximum absolute atomic E-state index is 6.39. The molecule has 0 aliphatic carbocycles. The lowest BCUT2D eigenvalue weighted by molar-refractivity contribution is 0.0637. The molecule has 20 heavy (non-hydrogen) atoms. The standard InChI is InChI=1S/C18H29NO/c1-8-19-14-11-18(6,7)20-16-13(17(3,4)5)10-9-12(2)15(14)16/h9-10,14,19H,8,11H2,1-7H3. The summed E-state index contributed by atoms with van der Waals surface area (Å²) >= 11 is 0. The molecule has 0 saturated heterocycles. The van der Waals surface area contributed by atoms with Crippen LogP contribution >= 0.6 is 0 Å². The molecule has 1 aliphatic rings. The third kappa shape index (κ3) is 2.85. The molecule has 0 spiro atoms. The van der Waals surface area contributed by atoms with Gasteiger partial charge in [-0.05, 0) is 43.9 Å². The molecule has 112 valence electrons. The molecule has 0 aromatic heterocycles. The van der Waals surface area contributed by atoms with Crippen molar-refractivity contribution in [3.05, 3.63) is 28.8 Å². The number of fused-ring (bicyclic) bond motifs is 1. The van der Waals surface area contributed by atoms with Crippen LogP contribution in [0.3, 0.4) is 0 Å². The summed E-state index contributed by atoms with van der Waals surface area (Å²) in [6.07, 6.45) is 1.02. The summed E-state index contributed by atoms with van der Waals surface area (Å²) in [6, 6.07) is 4.87. The van der Waals surface area contributed by atoms with Gasteiger partial charge in [0.1, 0.15) is 11.4 Å². The van der Waals surface area contributed by atoms with Crippen molar-refractivity contribution in [2.75, 3.05) is 6.54 Å². The third-order valence-corrected chi connectivity index (χ3v) is 4.10. The molecular weight excluding hydrogens is 246 g/mol. The van der Waals surface area contributed by atoms with Crippen LogP contribution < -0.4 is 10.1 Å². The fourth-order valence-corrected chi connectivity index (χ4v) is 3.16. The molecule has 0 amide bonds.